The van der Waals surface area contributed by atoms with Crippen LogP contribution < -0.4 is 4.72 Å². The Morgan fingerprint density at radius 3 is 2.16 bits per heavy atom. The molecule has 2 aromatic carbocycles. The summed E-state index contributed by atoms with van der Waals surface area (Å²) in [6.07, 6.45) is 1.95. The van der Waals surface area contributed by atoms with Gasteiger partial charge in [0.15, 0.2) is 0 Å². The summed E-state index contributed by atoms with van der Waals surface area (Å²) in [7, 11) is -0.258. The summed E-state index contributed by atoms with van der Waals surface area (Å²) in [6.45, 7) is 2.08. The first-order valence-electron chi connectivity index (χ1n) is 7.93. The number of hydrogen-bond acceptors (Lipinski definition) is 4. The van der Waals surface area contributed by atoms with Gasteiger partial charge in [0.1, 0.15) is 0 Å². The maximum atomic E-state index is 12.4. The fourth-order valence-corrected chi connectivity index (χ4v) is 3.84. The molecule has 0 radical (unpaired) electrons. The molecule has 0 aliphatic heterocycles. The summed E-state index contributed by atoms with van der Waals surface area (Å²) in [5, 5.41) is -0.0829. The van der Waals surface area contributed by atoms with Gasteiger partial charge in [0.2, 0.25) is 0 Å². The van der Waals surface area contributed by atoms with Gasteiger partial charge in [0, 0.05) is 24.7 Å². The van der Waals surface area contributed by atoms with Crippen LogP contribution in [-0.2, 0) is 16.4 Å². The average molecular weight is 379 g/mol. The van der Waals surface area contributed by atoms with Crippen LogP contribution in [0.4, 0.5) is 10.5 Å². The lowest BCUT2D eigenvalue weighted by Crippen LogP contribution is -2.16. The van der Waals surface area contributed by atoms with Gasteiger partial charge in [-0.05, 0) is 60.1 Å². The first-order valence-corrected chi connectivity index (χ1v) is 10.2. The number of sulfonamides is 1. The van der Waals surface area contributed by atoms with E-state index in [1.54, 1.807) is 50.5 Å². The normalized spacial score (nSPS) is 11.2. The van der Waals surface area contributed by atoms with E-state index in [2.05, 4.69) is 11.6 Å². The van der Waals surface area contributed by atoms with E-state index in [1.165, 1.54) is 4.90 Å². The number of anilines is 1. The molecule has 7 heteroatoms. The van der Waals surface area contributed by atoms with E-state index in [4.69, 9.17) is 0 Å². The highest BCUT2D eigenvalue weighted by Crippen LogP contribution is 2.24. The maximum absolute atomic E-state index is 12.4. The van der Waals surface area contributed by atoms with Crippen molar-refractivity contribution in [3.05, 3.63) is 54.1 Å². The van der Waals surface area contributed by atoms with Gasteiger partial charge in [0.25, 0.3) is 15.3 Å². The van der Waals surface area contributed by atoms with Gasteiger partial charge in [-0.25, -0.2) is 8.42 Å². The maximum Gasteiger partial charge on any atom is 0.285 e. The molecule has 0 saturated heterocycles. The van der Waals surface area contributed by atoms with Gasteiger partial charge < -0.3 is 4.90 Å². The van der Waals surface area contributed by atoms with Crippen molar-refractivity contribution in [3.8, 4) is 0 Å². The molecular formula is C18H22N2O3S2. The van der Waals surface area contributed by atoms with Gasteiger partial charge in [-0.1, -0.05) is 25.5 Å². The Bertz CT molecular complexity index is 814. The zero-order valence-corrected chi connectivity index (χ0v) is 16.2. The fourth-order valence-electron chi connectivity index (χ4n) is 2.12. The zero-order valence-electron chi connectivity index (χ0n) is 14.5. The number of rotatable bonds is 6. The first-order chi connectivity index (χ1) is 11.8. The Kier molecular flexibility index (Phi) is 6.50. The highest BCUT2D eigenvalue weighted by molar-refractivity contribution is 8.13. The van der Waals surface area contributed by atoms with Crippen LogP contribution in [0.3, 0.4) is 0 Å². The van der Waals surface area contributed by atoms with Gasteiger partial charge in [0.05, 0.1) is 4.90 Å². The van der Waals surface area contributed by atoms with Crippen LogP contribution in [0.25, 0.3) is 0 Å². The third-order valence-electron chi connectivity index (χ3n) is 3.45. The fraction of sp³-hybridized carbons (Fsp3) is 0.278. The molecule has 0 heterocycles. The summed E-state index contributed by atoms with van der Waals surface area (Å²) in [4.78, 5) is 14.1. The Morgan fingerprint density at radius 2 is 1.64 bits per heavy atom. The van der Waals surface area contributed by atoms with Gasteiger partial charge in [-0.3, -0.25) is 9.52 Å². The van der Waals surface area contributed by atoms with Crippen LogP contribution in [0.2, 0.25) is 0 Å². The quantitative estimate of drug-likeness (QED) is 0.765. The number of aryl methyl sites for hydroxylation is 1. The summed E-state index contributed by atoms with van der Waals surface area (Å²) >= 11 is 1.09. The number of amides is 1. The number of nitrogens with zero attached hydrogens (tertiary/aromatic N) is 1. The van der Waals surface area contributed by atoms with Crippen LogP contribution in [0.1, 0.15) is 18.9 Å². The van der Waals surface area contributed by atoms with E-state index >= 15 is 0 Å². The molecular weight excluding hydrogens is 356 g/mol. The van der Waals surface area contributed by atoms with E-state index in [9.17, 15) is 13.2 Å². The second kappa shape index (κ2) is 8.40. The van der Waals surface area contributed by atoms with E-state index in [0.29, 0.717) is 5.69 Å². The summed E-state index contributed by atoms with van der Waals surface area (Å²) in [6, 6.07) is 13.6. The predicted molar refractivity (Wildman–Crippen MR) is 103 cm³/mol. The molecule has 2 aromatic rings. The van der Waals surface area contributed by atoms with Crippen LogP contribution >= 0.6 is 11.8 Å². The molecule has 1 N–H and O–H groups in total. The lowest BCUT2D eigenvalue weighted by molar-refractivity contribution is 0.241. The topological polar surface area (TPSA) is 66.5 Å². The summed E-state index contributed by atoms with van der Waals surface area (Å²) < 4.78 is 27.4. The number of benzene rings is 2. The molecule has 0 aromatic heterocycles. The highest BCUT2D eigenvalue weighted by atomic mass is 32.2. The van der Waals surface area contributed by atoms with E-state index < -0.39 is 10.0 Å². The highest BCUT2D eigenvalue weighted by Gasteiger charge is 2.14. The first kappa shape index (κ1) is 19.3. The molecule has 1 amide bonds. The number of nitrogens with one attached hydrogen (secondary N) is 1. The molecule has 0 fully saturated rings. The Labute approximate surface area is 153 Å². The molecule has 0 aliphatic carbocycles. The van der Waals surface area contributed by atoms with Gasteiger partial charge >= 0.3 is 0 Å². The number of carbonyl (C=O) groups is 1. The number of carbonyl (C=O) groups excluding carboxylic acids is 1. The van der Waals surface area contributed by atoms with Crippen LogP contribution in [0.5, 0.6) is 0 Å². The largest absolute Gasteiger partial charge is 0.339 e. The van der Waals surface area contributed by atoms with Crippen LogP contribution in [0, 0.1) is 0 Å². The van der Waals surface area contributed by atoms with Crippen LogP contribution in [0.15, 0.2) is 58.3 Å². The smallest absolute Gasteiger partial charge is 0.285 e. The minimum absolute atomic E-state index is 0.0829. The molecule has 0 saturated carbocycles. The van der Waals surface area contributed by atoms with Crippen molar-refractivity contribution < 1.29 is 13.2 Å². The van der Waals surface area contributed by atoms with Crippen molar-refractivity contribution in [2.45, 2.75) is 29.6 Å². The second-order valence-electron chi connectivity index (χ2n) is 5.79. The molecule has 134 valence electrons. The van der Waals surface area contributed by atoms with E-state index in [1.807, 2.05) is 12.1 Å². The Morgan fingerprint density at radius 1 is 1.04 bits per heavy atom. The van der Waals surface area contributed by atoms with Crippen molar-refractivity contribution in [2.75, 3.05) is 18.8 Å². The number of hydrogen-bond donors (Lipinski definition) is 1. The standard InChI is InChI=1S/C18H22N2O3S2/c1-4-5-14-6-12-17(13-7-14)25(22,23)19-15-8-10-16(11-9-15)24-18(21)20(2)3/h6-13,19H,4-5H2,1-3H3. The monoisotopic (exact) mass is 378 g/mol. The minimum atomic E-state index is -3.63. The molecule has 25 heavy (non-hydrogen) atoms. The third-order valence-corrected chi connectivity index (χ3v) is 5.89. The van der Waals surface area contributed by atoms with Crippen molar-refractivity contribution in [1.29, 1.82) is 0 Å². The summed E-state index contributed by atoms with van der Waals surface area (Å²) in [5.41, 5.74) is 1.58. The molecule has 0 atom stereocenters. The molecule has 0 bridgehead atoms. The second-order valence-corrected chi connectivity index (χ2v) is 8.49. The van der Waals surface area contributed by atoms with Crippen molar-refractivity contribution >= 4 is 32.7 Å². The van der Waals surface area contributed by atoms with Crippen molar-refractivity contribution in [1.82, 2.24) is 4.90 Å². The molecule has 0 aliphatic rings. The average Bonchev–Trinajstić information content (AvgIpc) is 2.57. The van der Waals surface area contributed by atoms with Gasteiger partial charge in [-0.2, -0.15) is 0 Å². The summed E-state index contributed by atoms with van der Waals surface area (Å²) in [5.74, 6) is 0. The zero-order chi connectivity index (χ0) is 18.4. The van der Waals surface area contributed by atoms with Gasteiger partial charge in [-0.15, -0.1) is 0 Å². The van der Waals surface area contributed by atoms with Crippen molar-refractivity contribution in [3.63, 3.8) is 0 Å². The van der Waals surface area contributed by atoms with E-state index in [0.717, 1.165) is 35.1 Å². The minimum Gasteiger partial charge on any atom is -0.339 e. The van der Waals surface area contributed by atoms with Crippen molar-refractivity contribution in [2.24, 2.45) is 0 Å². The number of thioether (sulfide) groups is 1. The van der Waals surface area contributed by atoms with Crippen LogP contribution in [-0.4, -0.2) is 32.7 Å². The third kappa shape index (κ3) is 5.51. The lowest BCUT2D eigenvalue weighted by atomic mass is 10.1. The molecule has 5 nitrogen and oxygen atoms in total. The molecule has 0 spiro atoms. The van der Waals surface area contributed by atoms with E-state index in [-0.39, 0.29) is 10.1 Å². The SMILES string of the molecule is CCCc1ccc(S(=O)(=O)Nc2ccc(SC(=O)N(C)C)cc2)cc1. The Balaban J connectivity index is 2.08. The lowest BCUT2D eigenvalue weighted by Gasteiger charge is -2.11. The predicted octanol–water partition coefficient (Wildman–Crippen LogP) is 4.21. The Hall–Kier alpha value is -1.99. The molecule has 0 unspecified atom stereocenters. The molecule has 2 rings (SSSR count).